The maximum absolute atomic E-state index is 10.4. The van der Waals surface area contributed by atoms with Crippen LogP contribution >= 0.6 is 23.4 Å². The fraction of sp³-hybridized carbons (Fsp3) is 0.400. The molecule has 0 amide bonds. The standard InChI is InChI=1S/C15H19ClN2O2S/c1-11-3-5-12(6-4-11)21-10-14(19)15-13(16)9-17-18(15)7-8-20-2/h3-6,9,14,19H,7-8,10H2,1-2H3. The summed E-state index contributed by atoms with van der Waals surface area (Å²) in [5.41, 5.74) is 1.87. The number of benzene rings is 1. The highest BCUT2D eigenvalue weighted by molar-refractivity contribution is 7.99. The molecule has 0 bridgehead atoms. The van der Waals surface area contributed by atoms with Gasteiger partial charge in [-0.25, -0.2) is 0 Å². The Morgan fingerprint density at radius 1 is 1.38 bits per heavy atom. The van der Waals surface area contributed by atoms with Crippen molar-refractivity contribution in [2.75, 3.05) is 19.5 Å². The minimum absolute atomic E-state index is 0.489. The lowest BCUT2D eigenvalue weighted by atomic mass is 10.2. The van der Waals surface area contributed by atoms with Gasteiger partial charge in [-0.1, -0.05) is 29.3 Å². The average molecular weight is 327 g/mol. The predicted molar refractivity (Wildman–Crippen MR) is 86.0 cm³/mol. The first-order valence-electron chi connectivity index (χ1n) is 6.69. The van der Waals surface area contributed by atoms with Crippen molar-refractivity contribution in [1.82, 2.24) is 9.78 Å². The second kappa shape index (κ2) is 7.84. The molecule has 1 aromatic carbocycles. The number of ether oxygens (including phenoxy) is 1. The summed E-state index contributed by atoms with van der Waals surface area (Å²) in [5, 5.41) is 15.0. The number of thioether (sulfide) groups is 1. The maximum atomic E-state index is 10.4. The minimum Gasteiger partial charge on any atom is -0.386 e. The van der Waals surface area contributed by atoms with Gasteiger partial charge in [0.2, 0.25) is 0 Å². The fourth-order valence-corrected chi connectivity index (χ4v) is 3.05. The quantitative estimate of drug-likeness (QED) is 0.793. The zero-order chi connectivity index (χ0) is 15.2. The number of hydrogen-bond donors (Lipinski definition) is 1. The molecular weight excluding hydrogens is 308 g/mol. The highest BCUT2D eigenvalue weighted by Crippen LogP contribution is 2.28. The molecule has 1 unspecified atom stereocenters. The van der Waals surface area contributed by atoms with Crippen LogP contribution < -0.4 is 0 Å². The molecule has 0 saturated carbocycles. The monoisotopic (exact) mass is 326 g/mol. The van der Waals surface area contributed by atoms with E-state index in [9.17, 15) is 5.11 Å². The van der Waals surface area contributed by atoms with Gasteiger partial charge in [0.05, 0.1) is 30.1 Å². The Kier molecular flexibility index (Phi) is 6.11. The third-order valence-corrected chi connectivity index (χ3v) is 4.46. The lowest BCUT2D eigenvalue weighted by Crippen LogP contribution is -2.14. The van der Waals surface area contributed by atoms with Crippen LogP contribution in [0.2, 0.25) is 5.02 Å². The number of methoxy groups -OCH3 is 1. The first-order chi connectivity index (χ1) is 10.1. The number of aryl methyl sites for hydroxylation is 1. The number of hydrogen-bond acceptors (Lipinski definition) is 4. The van der Waals surface area contributed by atoms with E-state index in [-0.39, 0.29) is 0 Å². The molecule has 114 valence electrons. The van der Waals surface area contributed by atoms with Crippen LogP contribution in [-0.4, -0.2) is 34.4 Å². The Bertz CT molecular complexity index is 572. The zero-order valence-corrected chi connectivity index (χ0v) is 13.7. The van der Waals surface area contributed by atoms with Crippen LogP contribution in [0.15, 0.2) is 35.4 Å². The van der Waals surface area contributed by atoms with Gasteiger partial charge in [-0.2, -0.15) is 5.10 Å². The van der Waals surface area contributed by atoms with E-state index in [0.29, 0.717) is 29.6 Å². The minimum atomic E-state index is -0.664. The molecule has 0 spiro atoms. The number of aromatic nitrogens is 2. The van der Waals surface area contributed by atoms with Gasteiger partial charge in [-0.15, -0.1) is 11.8 Å². The Hall–Kier alpha value is -1.01. The van der Waals surface area contributed by atoms with E-state index in [1.807, 2.05) is 0 Å². The van der Waals surface area contributed by atoms with Gasteiger partial charge in [-0.3, -0.25) is 4.68 Å². The summed E-state index contributed by atoms with van der Waals surface area (Å²) in [6.07, 6.45) is 0.898. The van der Waals surface area contributed by atoms with E-state index in [4.69, 9.17) is 16.3 Å². The van der Waals surface area contributed by atoms with E-state index in [1.54, 1.807) is 29.8 Å². The summed E-state index contributed by atoms with van der Waals surface area (Å²) in [6.45, 7) is 3.16. The van der Waals surface area contributed by atoms with Gasteiger partial charge in [-0.05, 0) is 19.1 Å². The lowest BCUT2D eigenvalue weighted by molar-refractivity contribution is 0.166. The van der Waals surface area contributed by atoms with Crippen molar-refractivity contribution in [1.29, 1.82) is 0 Å². The molecule has 0 aliphatic carbocycles. The lowest BCUT2D eigenvalue weighted by Gasteiger charge is -2.14. The Morgan fingerprint density at radius 3 is 2.76 bits per heavy atom. The van der Waals surface area contributed by atoms with Crippen LogP contribution in [0.5, 0.6) is 0 Å². The number of aliphatic hydroxyl groups is 1. The molecule has 0 saturated heterocycles. The van der Waals surface area contributed by atoms with Crippen molar-refractivity contribution in [3.8, 4) is 0 Å². The molecule has 0 aliphatic heterocycles. The van der Waals surface area contributed by atoms with Gasteiger partial charge in [0.25, 0.3) is 0 Å². The maximum Gasteiger partial charge on any atom is 0.106 e. The first kappa shape index (κ1) is 16.4. The summed E-state index contributed by atoms with van der Waals surface area (Å²) in [6, 6.07) is 8.22. The van der Waals surface area contributed by atoms with E-state index < -0.39 is 6.10 Å². The molecule has 1 atom stereocenters. The third-order valence-electron chi connectivity index (χ3n) is 3.08. The normalized spacial score (nSPS) is 12.6. The number of aliphatic hydroxyl groups excluding tert-OH is 1. The molecule has 21 heavy (non-hydrogen) atoms. The van der Waals surface area contributed by atoms with Gasteiger partial charge < -0.3 is 9.84 Å². The Labute approximate surface area is 134 Å². The predicted octanol–water partition coefficient (Wildman–Crippen LogP) is 3.32. The fourth-order valence-electron chi connectivity index (χ4n) is 1.95. The second-order valence-corrected chi connectivity index (χ2v) is 6.23. The molecule has 2 rings (SSSR count). The van der Waals surface area contributed by atoms with Crippen molar-refractivity contribution >= 4 is 23.4 Å². The molecule has 1 heterocycles. The second-order valence-electron chi connectivity index (χ2n) is 4.73. The van der Waals surface area contributed by atoms with Crippen molar-refractivity contribution in [3.63, 3.8) is 0 Å². The third kappa shape index (κ3) is 4.48. The van der Waals surface area contributed by atoms with Crippen LogP contribution in [0.4, 0.5) is 0 Å². The molecule has 0 fully saturated rings. The summed E-state index contributed by atoms with van der Waals surface area (Å²) in [4.78, 5) is 1.12. The van der Waals surface area contributed by atoms with E-state index in [2.05, 4.69) is 36.3 Å². The van der Waals surface area contributed by atoms with Gasteiger partial charge >= 0.3 is 0 Å². The van der Waals surface area contributed by atoms with Gasteiger partial charge in [0.15, 0.2) is 0 Å². The summed E-state index contributed by atoms with van der Waals surface area (Å²) < 4.78 is 6.74. The highest BCUT2D eigenvalue weighted by atomic mass is 35.5. The average Bonchev–Trinajstić information content (AvgIpc) is 2.85. The van der Waals surface area contributed by atoms with Crippen LogP contribution in [-0.2, 0) is 11.3 Å². The zero-order valence-electron chi connectivity index (χ0n) is 12.1. The van der Waals surface area contributed by atoms with Crippen molar-refractivity contribution in [2.45, 2.75) is 24.5 Å². The number of rotatable bonds is 7. The van der Waals surface area contributed by atoms with E-state index in [1.165, 1.54) is 5.56 Å². The van der Waals surface area contributed by atoms with Gasteiger partial charge in [0.1, 0.15) is 6.10 Å². The number of nitrogens with zero attached hydrogens (tertiary/aromatic N) is 2. The van der Waals surface area contributed by atoms with Gasteiger partial charge in [0, 0.05) is 17.8 Å². The van der Waals surface area contributed by atoms with Crippen LogP contribution in [0.1, 0.15) is 17.4 Å². The molecule has 1 aromatic heterocycles. The molecule has 2 aromatic rings. The van der Waals surface area contributed by atoms with Crippen molar-refractivity contribution in [2.24, 2.45) is 0 Å². The summed E-state index contributed by atoms with van der Waals surface area (Å²) >= 11 is 7.72. The van der Waals surface area contributed by atoms with Crippen LogP contribution in [0.3, 0.4) is 0 Å². The Balaban J connectivity index is 2.01. The molecule has 0 radical (unpaired) electrons. The summed E-state index contributed by atoms with van der Waals surface area (Å²) in [5.74, 6) is 0.529. The summed E-state index contributed by atoms with van der Waals surface area (Å²) in [7, 11) is 1.63. The van der Waals surface area contributed by atoms with Crippen molar-refractivity contribution in [3.05, 3.63) is 46.7 Å². The van der Waals surface area contributed by atoms with Crippen LogP contribution in [0, 0.1) is 6.92 Å². The molecule has 1 N–H and O–H groups in total. The van der Waals surface area contributed by atoms with E-state index in [0.717, 1.165) is 4.90 Å². The highest BCUT2D eigenvalue weighted by Gasteiger charge is 2.18. The molecular formula is C15H19ClN2O2S. The van der Waals surface area contributed by atoms with Crippen molar-refractivity contribution < 1.29 is 9.84 Å². The number of halogens is 1. The Morgan fingerprint density at radius 2 is 2.10 bits per heavy atom. The molecule has 4 nitrogen and oxygen atoms in total. The van der Waals surface area contributed by atoms with E-state index >= 15 is 0 Å². The smallest absolute Gasteiger partial charge is 0.106 e. The topological polar surface area (TPSA) is 47.3 Å². The first-order valence-corrected chi connectivity index (χ1v) is 8.06. The molecule has 0 aliphatic rings. The van der Waals surface area contributed by atoms with Crippen LogP contribution in [0.25, 0.3) is 0 Å². The SMILES string of the molecule is COCCn1ncc(Cl)c1C(O)CSc1ccc(C)cc1. The largest absolute Gasteiger partial charge is 0.386 e. The molecule has 6 heteroatoms.